The molecule has 8 heteroatoms. The zero-order valence-corrected chi connectivity index (χ0v) is 40.1. The van der Waals surface area contributed by atoms with Gasteiger partial charge in [-0.3, -0.25) is 9.59 Å². The van der Waals surface area contributed by atoms with Crippen LogP contribution in [0.3, 0.4) is 0 Å². The maximum absolute atomic E-state index is 12.8. The summed E-state index contributed by atoms with van der Waals surface area (Å²) in [4.78, 5) is 37.0. The third kappa shape index (κ3) is 42.1. The Morgan fingerprint density at radius 1 is 0.525 bits per heavy atom. The second-order valence-corrected chi connectivity index (χ2v) is 17.7. The van der Waals surface area contributed by atoms with Crippen LogP contribution in [0.4, 0.5) is 0 Å². The number of carbonyl (C=O) groups is 3. The van der Waals surface area contributed by atoms with Crippen molar-refractivity contribution in [2.45, 2.75) is 219 Å². The van der Waals surface area contributed by atoms with Gasteiger partial charge in [0.25, 0.3) is 0 Å². The molecule has 0 fully saturated rings. The summed E-state index contributed by atoms with van der Waals surface area (Å²) in [5, 5.41) is 11.7. The van der Waals surface area contributed by atoms with Crippen molar-refractivity contribution in [2.24, 2.45) is 0 Å². The van der Waals surface area contributed by atoms with Gasteiger partial charge in [-0.15, -0.1) is 0 Å². The van der Waals surface area contributed by atoms with Gasteiger partial charge in [0.15, 0.2) is 6.10 Å². The molecule has 0 bridgehead atoms. The fourth-order valence-electron chi connectivity index (χ4n) is 7.08. The van der Waals surface area contributed by atoms with Gasteiger partial charge in [0.2, 0.25) is 0 Å². The molecule has 0 N–H and O–H groups in total. The first-order valence-electron chi connectivity index (χ1n) is 24.8. The number of rotatable bonds is 44. The van der Waals surface area contributed by atoms with Gasteiger partial charge in [-0.05, 0) is 70.6 Å². The smallest absolute Gasteiger partial charge is 0.306 e. The number of carbonyl (C=O) groups excluding carboxylic acids is 3. The molecular formula is C53H93NO7. The third-order valence-corrected chi connectivity index (χ3v) is 10.9. The first kappa shape index (κ1) is 58.0. The van der Waals surface area contributed by atoms with Gasteiger partial charge < -0.3 is 28.6 Å². The summed E-state index contributed by atoms with van der Waals surface area (Å²) in [6, 6.07) is -0.732. The number of ether oxygens (including phenoxy) is 3. The highest BCUT2D eigenvalue weighted by Crippen LogP contribution is 2.15. The van der Waals surface area contributed by atoms with Crippen LogP contribution in [0.5, 0.6) is 0 Å². The highest BCUT2D eigenvalue weighted by Gasteiger charge is 2.25. The molecule has 0 aliphatic heterocycles. The van der Waals surface area contributed by atoms with E-state index in [4.69, 9.17) is 14.2 Å². The number of carboxylic acids is 1. The number of carboxylic acid groups (broad SMARTS) is 1. The van der Waals surface area contributed by atoms with Crippen LogP contribution in [-0.2, 0) is 28.6 Å². The van der Waals surface area contributed by atoms with Crippen molar-refractivity contribution in [3.05, 3.63) is 60.8 Å². The minimum atomic E-state index is -1.13. The van der Waals surface area contributed by atoms with Crippen LogP contribution in [0.15, 0.2) is 60.8 Å². The third-order valence-electron chi connectivity index (χ3n) is 10.9. The number of hydrogen-bond donors (Lipinski definition) is 0. The molecule has 61 heavy (non-hydrogen) atoms. The van der Waals surface area contributed by atoms with E-state index >= 15 is 0 Å². The quantitative estimate of drug-likeness (QED) is 0.0198. The number of allylic oxidation sites excluding steroid dienone is 10. The lowest BCUT2D eigenvalue weighted by molar-refractivity contribution is -0.889. The molecule has 0 saturated heterocycles. The normalized spacial score (nSPS) is 13.4. The second-order valence-electron chi connectivity index (χ2n) is 17.7. The molecule has 0 amide bonds. The predicted octanol–water partition coefficient (Wildman–Crippen LogP) is 12.8. The van der Waals surface area contributed by atoms with Crippen LogP contribution in [-0.4, -0.2) is 75.5 Å². The van der Waals surface area contributed by atoms with E-state index in [9.17, 15) is 19.5 Å². The average Bonchev–Trinajstić information content (AvgIpc) is 3.22. The van der Waals surface area contributed by atoms with Crippen LogP contribution in [0.1, 0.15) is 206 Å². The van der Waals surface area contributed by atoms with Crippen LogP contribution in [0.2, 0.25) is 0 Å². The lowest BCUT2D eigenvalue weighted by atomic mass is 10.0. The molecule has 0 rings (SSSR count). The Morgan fingerprint density at radius 2 is 0.967 bits per heavy atom. The molecule has 2 atom stereocenters. The van der Waals surface area contributed by atoms with E-state index in [2.05, 4.69) is 74.6 Å². The summed E-state index contributed by atoms with van der Waals surface area (Å²) in [6.45, 7) is 4.53. The molecule has 0 aromatic heterocycles. The summed E-state index contributed by atoms with van der Waals surface area (Å²) >= 11 is 0. The van der Waals surface area contributed by atoms with Crippen LogP contribution in [0, 0.1) is 0 Å². The SMILES string of the molecule is CC/C=C/C/C=C/C/C=C/CCCCCCCCCCCCCC(=O)OC(COCCC(C(=O)[O-])[N+](C)(C)C)COC(=O)CCCCC/C=C/C=C/CCCCCCCCC. The average molecular weight is 856 g/mol. The van der Waals surface area contributed by atoms with Gasteiger partial charge in [0.05, 0.1) is 40.3 Å². The molecule has 0 spiro atoms. The summed E-state index contributed by atoms with van der Waals surface area (Å²) in [7, 11) is 5.40. The Morgan fingerprint density at radius 3 is 1.48 bits per heavy atom. The lowest BCUT2D eigenvalue weighted by Crippen LogP contribution is -2.55. The molecule has 0 aliphatic rings. The standard InChI is InChI=1S/C53H93NO7/c1-6-8-10-12-14-16-18-20-22-24-25-26-27-28-30-32-34-36-38-40-42-44-52(56)61-49(47-59-46-45-50(53(57)58)54(3,4)5)48-60-51(55)43-41-39-37-35-33-31-29-23-21-19-17-15-13-11-9-7-2/h8,10,14,16,20,22-23,29,31,33,49-50H,6-7,9,11-13,15,17-19,21,24-28,30,32,34-48H2,1-5H3/b10-8+,16-14+,22-20+,29-23+,33-31+. The molecule has 0 saturated carbocycles. The zero-order valence-electron chi connectivity index (χ0n) is 40.1. The molecular weight excluding hydrogens is 763 g/mol. The number of nitrogens with zero attached hydrogens (tertiary/aromatic N) is 1. The van der Waals surface area contributed by atoms with Crippen molar-refractivity contribution >= 4 is 17.9 Å². The fourth-order valence-corrected chi connectivity index (χ4v) is 7.08. The molecule has 0 aromatic rings. The van der Waals surface area contributed by atoms with E-state index in [0.29, 0.717) is 12.8 Å². The topological polar surface area (TPSA) is 102 Å². The Hall–Kier alpha value is -2.97. The molecule has 8 nitrogen and oxygen atoms in total. The van der Waals surface area contributed by atoms with E-state index in [0.717, 1.165) is 70.6 Å². The van der Waals surface area contributed by atoms with Crippen molar-refractivity contribution < 1.29 is 38.2 Å². The molecule has 0 aromatic carbocycles. The van der Waals surface area contributed by atoms with Crippen LogP contribution >= 0.6 is 0 Å². The van der Waals surface area contributed by atoms with Gasteiger partial charge in [0.1, 0.15) is 12.6 Å². The van der Waals surface area contributed by atoms with Gasteiger partial charge in [-0.1, -0.05) is 177 Å². The number of aliphatic carboxylic acids is 1. The van der Waals surface area contributed by atoms with Crippen molar-refractivity contribution in [1.82, 2.24) is 0 Å². The number of esters is 2. The van der Waals surface area contributed by atoms with E-state index in [1.807, 2.05) is 0 Å². The fraction of sp³-hybridized carbons (Fsp3) is 0.755. The Kier molecular flexibility index (Phi) is 41.5. The van der Waals surface area contributed by atoms with Gasteiger partial charge in [0, 0.05) is 19.3 Å². The van der Waals surface area contributed by atoms with Crippen molar-refractivity contribution in [1.29, 1.82) is 0 Å². The Bertz CT molecular complexity index is 1180. The summed E-state index contributed by atoms with van der Waals surface area (Å²) in [6.07, 6.45) is 53.9. The molecule has 0 aliphatic carbocycles. The second kappa shape index (κ2) is 43.7. The summed E-state index contributed by atoms with van der Waals surface area (Å²) in [5.41, 5.74) is 0. The van der Waals surface area contributed by atoms with Gasteiger partial charge >= 0.3 is 11.9 Å². The maximum Gasteiger partial charge on any atom is 0.306 e. The highest BCUT2D eigenvalue weighted by atomic mass is 16.6. The van der Waals surface area contributed by atoms with Crippen LogP contribution in [0.25, 0.3) is 0 Å². The monoisotopic (exact) mass is 856 g/mol. The first-order chi connectivity index (χ1) is 29.6. The predicted molar refractivity (Wildman–Crippen MR) is 254 cm³/mol. The summed E-state index contributed by atoms with van der Waals surface area (Å²) in [5.74, 6) is -1.77. The van der Waals surface area contributed by atoms with Crippen molar-refractivity contribution in [2.75, 3.05) is 41.0 Å². The van der Waals surface area contributed by atoms with Gasteiger partial charge in [-0.2, -0.15) is 0 Å². The van der Waals surface area contributed by atoms with E-state index in [-0.39, 0.29) is 42.7 Å². The molecule has 2 unspecified atom stereocenters. The summed E-state index contributed by atoms with van der Waals surface area (Å²) < 4.78 is 17.2. The molecule has 0 radical (unpaired) electrons. The number of unbranched alkanes of at least 4 members (excludes halogenated alkanes) is 21. The number of likely N-dealkylation sites (N-methyl/N-ethyl adjacent to an activating group) is 1. The molecule has 0 heterocycles. The lowest BCUT2D eigenvalue weighted by Gasteiger charge is -2.34. The van der Waals surface area contributed by atoms with E-state index < -0.39 is 18.1 Å². The van der Waals surface area contributed by atoms with Gasteiger partial charge in [-0.25, -0.2) is 0 Å². The Labute approximate surface area is 375 Å². The zero-order chi connectivity index (χ0) is 44.9. The minimum absolute atomic E-state index is 0.0300. The highest BCUT2D eigenvalue weighted by molar-refractivity contribution is 5.70. The Balaban J connectivity index is 4.30. The number of quaternary nitrogens is 1. The van der Waals surface area contributed by atoms with Crippen LogP contribution < -0.4 is 5.11 Å². The number of hydrogen-bond acceptors (Lipinski definition) is 7. The first-order valence-corrected chi connectivity index (χ1v) is 24.8. The van der Waals surface area contributed by atoms with Crippen molar-refractivity contribution in [3.63, 3.8) is 0 Å². The largest absolute Gasteiger partial charge is 0.544 e. The van der Waals surface area contributed by atoms with E-state index in [1.54, 1.807) is 21.1 Å². The molecule has 352 valence electrons. The van der Waals surface area contributed by atoms with E-state index in [1.165, 1.54) is 103 Å². The minimum Gasteiger partial charge on any atom is -0.544 e. The maximum atomic E-state index is 12.8. The van der Waals surface area contributed by atoms with Crippen molar-refractivity contribution in [3.8, 4) is 0 Å².